The molecular weight excluding hydrogens is 344 g/mol. The van der Waals surface area contributed by atoms with E-state index < -0.39 is 0 Å². The number of aliphatic imine (C=N–C) groups is 1. The number of pyridine rings is 1. The fourth-order valence-electron chi connectivity index (χ4n) is 5.62. The number of hydrogen-bond donors (Lipinski definition) is 0. The van der Waals surface area contributed by atoms with Crippen molar-refractivity contribution in [1.29, 1.82) is 0 Å². The van der Waals surface area contributed by atoms with Gasteiger partial charge in [-0.15, -0.1) is 0 Å². The molecule has 1 atom stereocenters. The number of hydrogen-bond acceptors (Lipinski definition) is 3. The maximum atomic E-state index is 5.98. The second-order valence-electron chi connectivity index (χ2n) is 8.73. The van der Waals surface area contributed by atoms with E-state index in [1.54, 1.807) is 0 Å². The smallest absolute Gasteiger partial charge is 0.236 e. The van der Waals surface area contributed by atoms with Crippen LogP contribution >= 0.6 is 0 Å². The van der Waals surface area contributed by atoms with Crippen LogP contribution in [0.15, 0.2) is 53.5 Å². The third-order valence-electron chi connectivity index (χ3n) is 6.98. The lowest BCUT2D eigenvalue weighted by molar-refractivity contribution is 0.307. The summed E-state index contributed by atoms with van der Waals surface area (Å²) in [7, 11) is 0. The van der Waals surface area contributed by atoms with Gasteiger partial charge in [-0.3, -0.25) is 0 Å². The van der Waals surface area contributed by atoms with E-state index in [9.17, 15) is 0 Å². The minimum Gasteiger partial charge on any atom is -0.474 e. The first-order chi connectivity index (χ1) is 13.9. The van der Waals surface area contributed by atoms with Crippen LogP contribution in [0.5, 0.6) is 0 Å². The summed E-state index contributed by atoms with van der Waals surface area (Å²) < 4.78 is 5.98. The predicted octanol–water partition coefficient (Wildman–Crippen LogP) is 6.06. The van der Waals surface area contributed by atoms with Crippen molar-refractivity contribution in [1.82, 2.24) is 4.98 Å². The van der Waals surface area contributed by atoms with Crippen molar-refractivity contribution in [2.45, 2.75) is 63.3 Å². The molecule has 2 aromatic rings. The molecule has 5 rings (SSSR count). The van der Waals surface area contributed by atoms with Crippen LogP contribution in [0.3, 0.4) is 0 Å². The minimum absolute atomic E-state index is 0.0853. The molecule has 2 heterocycles. The Hall–Kier alpha value is -2.16. The van der Waals surface area contributed by atoms with Crippen molar-refractivity contribution in [2.75, 3.05) is 6.61 Å². The standard InChI is InChI=1S/C25H30N2O/c1-2-9-18(10-3-1)23-17-28-25(27-23)22-16-8-15-21(26-22)24(19-11-4-5-12-19)20-13-6-7-14-20/h1-3,8-10,15-16,19-20,23-24H,4-7,11-14,17H2/t23-/m1/s1. The van der Waals surface area contributed by atoms with Gasteiger partial charge in [-0.25, -0.2) is 9.98 Å². The van der Waals surface area contributed by atoms with Crippen molar-refractivity contribution < 1.29 is 4.74 Å². The Labute approximate surface area is 168 Å². The highest BCUT2D eigenvalue weighted by Gasteiger charge is 2.35. The van der Waals surface area contributed by atoms with Gasteiger partial charge < -0.3 is 4.74 Å². The molecule has 0 amide bonds. The number of nitrogens with zero attached hydrogens (tertiary/aromatic N) is 2. The average molecular weight is 375 g/mol. The molecule has 0 N–H and O–H groups in total. The van der Waals surface area contributed by atoms with E-state index in [1.165, 1.54) is 62.6 Å². The zero-order chi connectivity index (χ0) is 18.8. The molecule has 3 heteroatoms. The topological polar surface area (TPSA) is 34.5 Å². The Morgan fingerprint density at radius 1 is 0.786 bits per heavy atom. The van der Waals surface area contributed by atoms with Crippen molar-refractivity contribution >= 4 is 5.90 Å². The normalized spacial score (nSPS) is 23.3. The summed E-state index contributed by atoms with van der Waals surface area (Å²) in [5.74, 6) is 2.97. The van der Waals surface area contributed by atoms with Crippen LogP contribution in [0.4, 0.5) is 0 Å². The fraction of sp³-hybridized carbons (Fsp3) is 0.520. The third kappa shape index (κ3) is 3.59. The van der Waals surface area contributed by atoms with E-state index >= 15 is 0 Å². The molecule has 2 aliphatic carbocycles. The molecule has 3 aliphatic rings. The average Bonchev–Trinajstić information content (AvgIpc) is 3.52. The van der Waals surface area contributed by atoms with E-state index in [4.69, 9.17) is 14.7 Å². The van der Waals surface area contributed by atoms with Crippen LogP contribution in [-0.4, -0.2) is 17.5 Å². The summed E-state index contributed by atoms with van der Waals surface area (Å²) in [5, 5.41) is 0. The lowest BCUT2D eigenvalue weighted by atomic mass is 9.77. The molecular formula is C25H30N2O. The predicted molar refractivity (Wildman–Crippen MR) is 113 cm³/mol. The zero-order valence-corrected chi connectivity index (χ0v) is 16.6. The van der Waals surface area contributed by atoms with Gasteiger partial charge in [0.15, 0.2) is 0 Å². The molecule has 1 aromatic carbocycles. The zero-order valence-electron chi connectivity index (χ0n) is 16.6. The highest BCUT2D eigenvalue weighted by molar-refractivity contribution is 5.93. The highest BCUT2D eigenvalue weighted by atomic mass is 16.5. The Morgan fingerprint density at radius 2 is 1.46 bits per heavy atom. The molecule has 0 spiro atoms. The largest absolute Gasteiger partial charge is 0.474 e. The monoisotopic (exact) mass is 374 g/mol. The van der Waals surface area contributed by atoms with Crippen LogP contribution in [0.1, 0.15) is 80.3 Å². The van der Waals surface area contributed by atoms with E-state index in [1.807, 2.05) is 6.07 Å². The summed E-state index contributed by atoms with van der Waals surface area (Å²) in [4.78, 5) is 9.97. The van der Waals surface area contributed by atoms with Gasteiger partial charge in [0.05, 0.1) is 0 Å². The molecule has 2 saturated carbocycles. The van der Waals surface area contributed by atoms with Crippen molar-refractivity contribution in [3.63, 3.8) is 0 Å². The van der Waals surface area contributed by atoms with Crippen LogP contribution in [0.25, 0.3) is 0 Å². The quantitative estimate of drug-likeness (QED) is 0.637. The van der Waals surface area contributed by atoms with Gasteiger partial charge >= 0.3 is 0 Å². The SMILES string of the molecule is c1ccc([C@H]2COC(c3cccc(C(C4CCCC4)C4CCCC4)n3)=N2)cc1. The van der Waals surface area contributed by atoms with Crippen LogP contribution in [-0.2, 0) is 4.74 Å². The molecule has 0 unspecified atom stereocenters. The van der Waals surface area contributed by atoms with Gasteiger partial charge in [-0.1, -0.05) is 62.1 Å². The second-order valence-corrected chi connectivity index (χ2v) is 8.73. The highest BCUT2D eigenvalue weighted by Crippen LogP contribution is 2.46. The molecule has 0 radical (unpaired) electrons. The maximum Gasteiger partial charge on any atom is 0.236 e. The number of ether oxygens (including phenoxy) is 1. The van der Waals surface area contributed by atoms with E-state index in [-0.39, 0.29) is 6.04 Å². The Morgan fingerprint density at radius 3 is 2.14 bits per heavy atom. The molecule has 146 valence electrons. The summed E-state index contributed by atoms with van der Waals surface area (Å²) in [6.45, 7) is 0.611. The van der Waals surface area contributed by atoms with Gasteiger partial charge in [0.2, 0.25) is 5.90 Å². The Kier molecular flexibility index (Phi) is 5.16. The van der Waals surface area contributed by atoms with Crippen LogP contribution < -0.4 is 0 Å². The number of benzene rings is 1. The van der Waals surface area contributed by atoms with Gasteiger partial charge in [-0.05, 0) is 55.2 Å². The summed E-state index contributed by atoms with van der Waals surface area (Å²) in [6.07, 6.45) is 11.1. The molecule has 1 aliphatic heterocycles. The molecule has 3 nitrogen and oxygen atoms in total. The molecule has 1 aromatic heterocycles. The molecule has 28 heavy (non-hydrogen) atoms. The van der Waals surface area contributed by atoms with E-state index in [2.05, 4.69) is 42.5 Å². The Balaban J connectivity index is 1.42. The maximum absolute atomic E-state index is 5.98. The lowest BCUT2D eigenvalue weighted by Gasteiger charge is -2.29. The summed E-state index contributed by atoms with van der Waals surface area (Å²) >= 11 is 0. The second kappa shape index (κ2) is 8.06. The first-order valence-electron chi connectivity index (χ1n) is 11.1. The molecule has 0 saturated heterocycles. The van der Waals surface area contributed by atoms with Crippen molar-refractivity contribution in [3.8, 4) is 0 Å². The van der Waals surface area contributed by atoms with Crippen molar-refractivity contribution in [2.24, 2.45) is 16.8 Å². The van der Waals surface area contributed by atoms with Gasteiger partial charge in [0.1, 0.15) is 18.3 Å². The van der Waals surface area contributed by atoms with E-state index in [0.29, 0.717) is 18.4 Å². The van der Waals surface area contributed by atoms with Crippen molar-refractivity contribution in [3.05, 3.63) is 65.5 Å². The Bertz CT molecular complexity index is 803. The number of aromatic nitrogens is 1. The summed E-state index contributed by atoms with van der Waals surface area (Å²) in [5.41, 5.74) is 3.41. The number of rotatable bonds is 5. The van der Waals surface area contributed by atoms with Crippen LogP contribution in [0.2, 0.25) is 0 Å². The van der Waals surface area contributed by atoms with Gasteiger partial charge in [-0.2, -0.15) is 0 Å². The van der Waals surface area contributed by atoms with Gasteiger partial charge in [0.25, 0.3) is 0 Å². The molecule has 0 bridgehead atoms. The van der Waals surface area contributed by atoms with Crippen LogP contribution in [0, 0.1) is 11.8 Å². The minimum atomic E-state index is 0.0853. The first-order valence-corrected chi connectivity index (χ1v) is 11.1. The van der Waals surface area contributed by atoms with Gasteiger partial charge in [0, 0.05) is 11.6 Å². The fourth-order valence-corrected chi connectivity index (χ4v) is 5.62. The first kappa shape index (κ1) is 17.9. The lowest BCUT2D eigenvalue weighted by Crippen LogP contribution is -2.20. The third-order valence-corrected chi connectivity index (χ3v) is 6.98. The summed E-state index contributed by atoms with van der Waals surface area (Å²) in [6, 6.07) is 17.0. The molecule has 2 fully saturated rings. The van der Waals surface area contributed by atoms with E-state index in [0.717, 1.165) is 17.5 Å².